The van der Waals surface area contributed by atoms with E-state index in [1.807, 2.05) is 0 Å². The number of aromatic nitrogens is 1. The molecule has 3 heteroatoms. The highest BCUT2D eigenvalue weighted by atomic mass is 15.2. The van der Waals surface area contributed by atoms with Gasteiger partial charge in [0.05, 0.1) is 44.6 Å². The average molecular weight is 1410 g/mol. The molecule has 1 aromatic heterocycles. The Kier molecular flexibility index (Phi) is 14.5. The van der Waals surface area contributed by atoms with Crippen molar-refractivity contribution in [2.24, 2.45) is 0 Å². The zero-order valence-electron chi connectivity index (χ0n) is 62.7. The lowest BCUT2D eigenvalue weighted by molar-refractivity contribution is 0.658. The molecule has 16 aromatic carbocycles. The first kappa shape index (κ1) is 65.2. The maximum atomic E-state index is 2.51. The predicted octanol–water partition coefficient (Wildman–Crippen LogP) is 27.4. The summed E-state index contributed by atoms with van der Waals surface area (Å²) in [6.07, 6.45) is 0. The molecule has 0 amide bonds. The summed E-state index contributed by atoms with van der Waals surface area (Å²) in [7, 11) is 0. The van der Waals surface area contributed by atoms with Gasteiger partial charge in [0.15, 0.2) is 0 Å². The quantitative estimate of drug-likeness (QED) is 0.150. The summed E-state index contributed by atoms with van der Waals surface area (Å²) in [5, 5.41) is 2.51. The van der Waals surface area contributed by atoms with E-state index in [4.69, 9.17) is 0 Å². The molecule has 0 radical (unpaired) electrons. The third-order valence-corrected chi connectivity index (χ3v) is 25.6. The number of benzene rings is 16. The molecule has 0 saturated heterocycles. The maximum Gasteiger partial charge on any atom is 0.0742 e. The number of nitrogens with zero attached hydrogens (tertiary/aromatic N) is 3. The lowest BCUT2D eigenvalue weighted by Crippen LogP contribution is -2.37. The number of hydrogen-bond acceptors (Lipinski definition) is 2. The van der Waals surface area contributed by atoms with Gasteiger partial charge in [0.2, 0.25) is 0 Å². The average Bonchev–Trinajstić information content (AvgIpc) is 0.894. The number of hydrogen-bond donors (Lipinski definition) is 0. The summed E-state index contributed by atoms with van der Waals surface area (Å²) in [5.74, 6) is 0. The fourth-order valence-electron chi connectivity index (χ4n) is 20.6. The van der Waals surface area contributed by atoms with Crippen molar-refractivity contribution in [3.8, 4) is 50.2 Å². The third-order valence-electron chi connectivity index (χ3n) is 25.6. The Balaban J connectivity index is 0.000000142. The van der Waals surface area contributed by atoms with Crippen molar-refractivity contribution in [2.45, 2.75) is 68.6 Å². The second-order valence-corrected chi connectivity index (χ2v) is 32.2. The minimum absolute atomic E-state index is 0.0510. The second-order valence-electron chi connectivity index (χ2n) is 32.2. The normalized spacial score (nSPS) is 15.3. The van der Waals surface area contributed by atoms with Gasteiger partial charge in [-0.3, -0.25) is 0 Å². The van der Waals surface area contributed by atoms with Crippen LogP contribution in [0.1, 0.15) is 119 Å². The molecule has 0 unspecified atom stereocenters. The molecule has 22 rings (SSSR count). The van der Waals surface area contributed by atoms with Gasteiger partial charge in [0, 0.05) is 44.1 Å². The van der Waals surface area contributed by atoms with Gasteiger partial charge in [-0.15, -0.1) is 0 Å². The molecule has 524 valence electrons. The topological polar surface area (TPSA) is 11.4 Å². The molecular formula is C107H81N3. The Bertz CT molecular complexity index is 6470. The summed E-state index contributed by atoms with van der Waals surface area (Å²) in [6.45, 7) is 14.2. The van der Waals surface area contributed by atoms with Crippen molar-refractivity contribution in [3.05, 3.63) is 460 Å². The number of rotatable bonds is 8. The van der Waals surface area contributed by atoms with E-state index in [1.165, 1.54) is 178 Å². The van der Waals surface area contributed by atoms with Crippen LogP contribution < -0.4 is 9.80 Å². The fraction of sp³-hybridized carbons (Fsp3) is 0.103. The summed E-state index contributed by atoms with van der Waals surface area (Å²) in [4.78, 5) is 4.98. The molecule has 0 N–H and O–H groups in total. The van der Waals surface area contributed by atoms with Gasteiger partial charge in [0.1, 0.15) is 0 Å². The molecule has 17 aromatic rings. The first-order chi connectivity index (χ1) is 53.9. The van der Waals surface area contributed by atoms with Crippen LogP contribution in [-0.2, 0) is 27.1 Å². The Hall–Kier alpha value is -13.1. The van der Waals surface area contributed by atoms with E-state index in [9.17, 15) is 0 Å². The van der Waals surface area contributed by atoms with Crippen LogP contribution in [0.3, 0.4) is 0 Å². The van der Waals surface area contributed by atoms with Gasteiger partial charge in [-0.05, 0) is 213 Å². The highest BCUT2D eigenvalue weighted by Crippen LogP contribution is 2.63. The van der Waals surface area contributed by atoms with Crippen LogP contribution >= 0.6 is 0 Å². The number of fused-ring (bicyclic) bond motifs is 16. The van der Waals surface area contributed by atoms with E-state index >= 15 is 0 Å². The van der Waals surface area contributed by atoms with Crippen LogP contribution in [0.4, 0.5) is 34.1 Å². The summed E-state index contributed by atoms with van der Waals surface area (Å²) < 4.78 is 2.38. The fourth-order valence-corrected chi connectivity index (χ4v) is 20.6. The zero-order valence-corrected chi connectivity index (χ0v) is 62.7. The molecule has 110 heavy (non-hydrogen) atoms. The van der Waals surface area contributed by atoms with Crippen molar-refractivity contribution in [2.75, 3.05) is 9.80 Å². The van der Waals surface area contributed by atoms with Crippen LogP contribution in [0.25, 0.3) is 72.0 Å². The maximum absolute atomic E-state index is 2.51. The van der Waals surface area contributed by atoms with E-state index in [1.54, 1.807) is 0 Å². The van der Waals surface area contributed by atoms with Gasteiger partial charge >= 0.3 is 0 Å². The Labute approximate surface area is 645 Å². The molecule has 3 heterocycles. The molecular weight excluding hydrogens is 1330 g/mol. The van der Waals surface area contributed by atoms with Crippen molar-refractivity contribution in [1.29, 1.82) is 0 Å². The molecule has 3 aliphatic carbocycles. The van der Waals surface area contributed by atoms with E-state index < -0.39 is 10.8 Å². The summed E-state index contributed by atoms with van der Waals surface area (Å²) in [5.41, 5.74) is 38.4. The van der Waals surface area contributed by atoms with Crippen molar-refractivity contribution in [3.63, 3.8) is 0 Å². The van der Waals surface area contributed by atoms with Crippen LogP contribution in [0, 0.1) is 0 Å². The lowest BCUT2D eigenvalue weighted by Gasteiger charge is -2.46. The number of para-hydroxylation sites is 6. The first-order valence-electron chi connectivity index (χ1n) is 38.9. The molecule has 0 atom stereocenters. The van der Waals surface area contributed by atoms with Crippen LogP contribution in [0.15, 0.2) is 382 Å². The van der Waals surface area contributed by atoms with E-state index in [0.29, 0.717) is 0 Å². The molecule has 0 saturated carbocycles. The first-order valence-corrected chi connectivity index (χ1v) is 38.9. The summed E-state index contributed by atoms with van der Waals surface area (Å²) >= 11 is 0. The van der Waals surface area contributed by atoms with Crippen LogP contribution in [0.5, 0.6) is 0 Å². The highest BCUT2D eigenvalue weighted by Gasteiger charge is 2.50. The van der Waals surface area contributed by atoms with Crippen LogP contribution in [0.2, 0.25) is 0 Å². The van der Waals surface area contributed by atoms with Crippen molar-refractivity contribution >= 4 is 55.9 Å². The standard InChI is InChI=1S/C58H42N2.C49H39N/c1-57(2)49-23-11-9-21-45(49)47-38-42(32-35-50(47)57)58(41-17-5-3-6-18-41)51-24-12-15-27-55(51)60(56-28-16-13-25-52(56)58)44-33-29-39(30-34-44)40-31-36-54-48(37-40)46-22-10-14-26-53(46)59(54)43-19-7-4-8-20-43;1-47(2)40-21-11-9-19-36(40)38-30-33(26-29-41(38)47)49(32-16-6-5-7-17-32)42-22-12-14-24-45(42)50(46-25-15-13-23-43(46)49)34-27-28-37-35-18-8-10-20-39(35)48(3,4)44(37)31-34/h3-38H,1-2H3;5-31H,1-4H3. The molecule has 3 nitrogen and oxygen atoms in total. The van der Waals surface area contributed by atoms with Gasteiger partial charge in [-0.2, -0.15) is 0 Å². The van der Waals surface area contributed by atoms with Gasteiger partial charge in [-0.1, -0.05) is 333 Å². The lowest BCUT2D eigenvalue weighted by atomic mass is 9.62. The molecule has 2 aliphatic heterocycles. The molecule has 0 fully saturated rings. The Morgan fingerprint density at radius 2 is 0.536 bits per heavy atom. The Morgan fingerprint density at radius 3 is 1.02 bits per heavy atom. The van der Waals surface area contributed by atoms with E-state index in [2.05, 4.69) is 438 Å². The number of anilines is 6. The minimum atomic E-state index is -0.560. The molecule has 0 spiro atoms. The minimum Gasteiger partial charge on any atom is -0.310 e. The van der Waals surface area contributed by atoms with Gasteiger partial charge in [0.25, 0.3) is 0 Å². The van der Waals surface area contributed by atoms with Gasteiger partial charge in [-0.25, -0.2) is 0 Å². The van der Waals surface area contributed by atoms with Crippen molar-refractivity contribution in [1.82, 2.24) is 4.57 Å². The third kappa shape index (κ3) is 9.25. The van der Waals surface area contributed by atoms with Gasteiger partial charge < -0.3 is 14.4 Å². The second kappa shape index (κ2) is 24.5. The monoisotopic (exact) mass is 1410 g/mol. The molecule has 0 bridgehead atoms. The predicted molar refractivity (Wildman–Crippen MR) is 458 cm³/mol. The zero-order chi connectivity index (χ0) is 73.8. The van der Waals surface area contributed by atoms with E-state index in [0.717, 1.165) is 5.69 Å². The SMILES string of the molecule is CC1(C)c2ccccc2-c2cc(C3(c4ccccc4)c4ccccc4N(c4ccc(-c5ccc6c(c5)c5ccccc5n6-c5ccccc5)cc4)c4ccccc43)ccc21.CC1(C)c2ccccc2-c2cc(C3(c4ccccc4)c4ccccc4N(c4ccc5c(c4)C(C)(C)c4ccccc4-5)c4ccccc43)ccc21. The van der Waals surface area contributed by atoms with E-state index in [-0.39, 0.29) is 16.2 Å². The largest absolute Gasteiger partial charge is 0.310 e. The van der Waals surface area contributed by atoms with Crippen LogP contribution in [-0.4, -0.2) is 4.57 Å². The molecule has 5 aliphatic rings. The van der Waals surface area contributed by atoms with Crippen molar-refractivity contribution < 1.29 is 0 Å². The summed E-state index contributed by atoms with van der Waals surface area (Å²) in [6, 6.07) is 143. The Morgan fingerprint density at radius 1 is 0.191 bits per heavy atom. The highest BCUT2D eigenvalue weighted by molar-refractivity contribution is 6.10. The smallest absolute Gasteiger partial charge is 0.0742 e.